The molecular formula is C9H12F3O. The van der Waals surface area contributed by atoms with Crippen LogP contribution in [0.25, 0.3) is 0 Å². The third-order valence-electron chi connectivity index (χ3n) is 1.11. The number of rotatable bonds is 5. The number of unbranched alkanes of at least 4 members (excludes halogenated alkanes) is 1. The molecule has 1 nitrogen and oxygen atoms in total. The smallest absolute Gasteiger partial charge is 0.381 e. The van der Waals surface area contributed by atoms with Crippen molar-refractivity contribution < 1.29 is 17.9 Å². The summed E-state index contributed by atoms with van der Waals surface area (Å²) in [5.74, 6) is 3.23. The molecule has 0 aromatic heterocycles. The number of ether oxygens (including phenoxy) is 1. The summed E-state index contributed by atoms with van der Waals surface area (Å²) >= 11 is 0. The van der Waals surface area contributed by atoms with Gasteiger partial charge in [0.25, 0.3) is 0 Å². The van der Waals surface area contributed by atoms with Gasteiger partial charge >= 0.3 is 6.18 Å². The SMILES string of the molecule is [CH2]CCOCCCC#CC(F)(F)F. The van der Waals surface area contributed by atoms with E-state index in [0.29, 0.717) is 26.1 Å². The van der Waals surface area contributed by atoms with Gasteiger partial charge in [-0.1, -0.05) is 12.8 Å². The maximum absolute atomic E-state index is 11.5. The third kappa shape index (κ3) is 11.3. The van der Waals surface area contributed by atoms with Gasteiger partial charge < -0.3 is 4.74 Å². The molecule has 0 heterocycles. The van der Waals surface area contributed by atoms with Crippen molar-refractivity contribution in [3.8, 4) is 11.8 Å². The van der Waals surface area contributed by atoms with Gasteiger partial charge in [-0.3, -0.25) is 0 Å². The van der Waals surface area contributed by atoms with Crippen LogP contribution in [0.15, 0.2) is 0 Å². The first kappa shape index (κ1) is 12.3. The van der Waals surface area contributed by atoms with E-state index in [0.717, 1.165) is 0 Å². The van der Waals surface area contributed by atoms with E-state index in [4.69, 9.17) is 4.74 Å². The highest BCUT2D eigenvalue weighted by Gasteiger charge is 2.22. The average Bonchev–Trinajstić information content (AvgIpc) is 2.01. The summed E-state index contributed by atoms with van der Waals surface area (Å²) in [6.07, 6.45) is -2.94. The number of hydrogen-bond acceptors (Lipinski definition) is 1. The molecule has 0 atom stereocenters. The van der Waals surface area contributed by atoms with E-state index in [1.807, 2.05) is 5.92 Å². The zero-order valence-corrected chi connectivity index (χ0v) is 7.28. The second kappa shape index (κ2) is 6.79. The summed E-state index contributed by atoms with van der Waals surface area (Å²) in [6, 6.07) is 0. The molecule has 0 aliphatic heterocycles. The molecule has 0 unspecified atom stereocenters. The van der Waals surface area contributed by atoms with Crippen LogP contribution in [0.2, 0.25) is 0 Å². The Bertz CT molecular complexity index is 176. The highest BCUT2D eigenvalue weighted by atomic mass is 19.4. The van der Waals surface area contributed by atoms with Crippen molar-refractivity contribution in [2.75, 3.05) is 13.2 Å². The molecule has 0 bridgehead atoms. The van der Waals surface area contributed by atoms with Gasteiger partial charge in [0, 0.05) is 25.6 Å². The summed E-state index contributed by atoms with van der Waals surface area (Å²) in [5.41, 5.74) is 0. The minimum Gasteiger partial charge on any atom is -0.381 e. The molecule has 0 amide bonds. The molecule has 0 saturated carbocycles. The van der Waals surface area contributed by atoms with Crippen LogP contribution in [-0.2, 0) is 4.74 Å². The molecule has 4 heteroatoms. The zero-order valence-electron chi connectivity index (χ0n) is 7.28. The van der Waals surface area contributed by atoms with Crippen LogP contribution in [-0.4, -0.2) is 19.4 Å². The second-order valence-corrected chi connectivity index (χ2v) is 2.37. The molecule has 0 rings (SSSR count). The zero-order chi connectivity index (χ0) is 10.2. The van der Waals surface area contributed by atoms with Gasteiger partial charge in [0.15, 0.2) is 0 Å². The second-order valence-electron chi connectivity index (χ2n) is 2.37. The first-order valence-electron chi connectivity index (χ1n) is 4.00. The highest BCUT2D eigenvalue weighted by Crippen LogP contribution is 2.11. The van der Waals surface area contributed by atoms with Crippen molar-refractivity contribution in [1.82, 2.24) is 0 Å². The van der Waals surface area contributed by atoms with Gasteiger partial charge in [-0.25, -0.2) is 0 Å². The van der Waals surface area contributed by atoms with Crippen LogP contribution in [0, 0.1) is 18.8 Å². The lowest BCUT2D eigenvalue weighted by Gasteiger charge is -1.98. The predicted octanol–water partition coefficient (Wildman–Crippen LogP) is 2.57. The molecular weight excluding hydrogens is 181 g/mol. The topological polar surface area (TPSA) is 9.23 Å². The molecule has 0 fully saturated rings. The molecule has 1 radical (unpaired) electrons. The van der Waals surface area contributed by atoms with E-state index in [1.54, 1.807) is 0 Å². The van der Waals surface area contributed by atoms with Crippen molar-refractivity contribution in [2.24, 2.45) is 0 Å². The van der Waals surface area contributed by atoms with Gasteiger partial charge in [-0.2, -0.15) is 13.2 Å². The summed E-state index contributed by atoms with van der Waals surface area (Å²) < 4.78 is 39.4. The maximum atomic E-state index is 11.5. The lowest BCUT2D eigenvalue weighted by molar-refractivity contribution is -0.0697. The Morgan fingerprint density at radius 1 is 1.23 bits per heavy atom. The van der Waals surface area contributed by atoms with Crippen molar-refractivity contribution in [2.45, 2.75) is 25.4 Å². The minimum absolute atomic E-state index is 0.219. The monoisotopic (exact) mass is 193 g/mol. The minimum atomic E-state index is -4.37. The summed E-state index contributed by atoms with van der Waals surface area (Å²) in [7, 11) is 0. The molecule has 0 spiro atoms. The molecule has 75 valence electrons. The van der Waals surface area contributed by atoms with Crippen molar-refractivity contribution in [1.29, 1.82) is 0 Å². The van der Waals surface area contributed by atoms with E-state index in [-0.39, 0.29) is 6.42 Å². The average molecular weight is 193 g/mol. The Balaban J connectivity index is 3.28. The van der Waals surface area contributed by atoms with Crippen LogP contribution >= 0.6 is 0 Å². The Morgan fingerprint density at radius 3 is 2.46 bits per heavy atom. The van der Waals surface area contributed by atoms with E-state index in [9.17, 15) is 13.2 Å². The Kier molecular flexibility index (Phi) is 6.43. The maximum Gasteiger partial charge on any atom is 0.457 e. The third-order valence-corrected chi connectivity index (χ3v) is 1.11. The highest BCUT2D eigenvalue weighted by molar-refractivity contribution is 5.04. The molecule has 0 aromatic rings. The van der Waals surface area contributed by atoms with Crippen LogP contribution in [0.3, 0.4) is 0 Å². The largest absolute Gasteiger partial charge is 0.457 e. The van der Waals surface area contributed by atoms with E-state index in [2.05, 4.69) is 6.92 Å². The Labute approximate surface area is 76.3 Å². The molecule has 0 aliphatic carbocycles. The van der Waals surface area contributed by atoms with E-state index >= 15 is 0 Å². The molecule has 13 heavy (non-hydrogen) atoms. The molecule has 0 saturated heterocycles. The van der Waals surface area contributed by atoms with Crippen LogP contribution in [0.4, 0.5) is 13.2 Å². The fourth-order valence-corrected chi connectivity index (χ4v) is 0.629. The summed E-state index contributed by atoms with van der Waals surface area (Å²) in [5, 5.41) is 0. The van der Waals surface area contributed by atoms with Crippen LogP contribution < -0.4 is 0 Å². The van der Waals surface area contributed by atoms with Crippen LogP contribution in [0.1, 0.15) is 19.3 Å². The molecule has 0 N–H and O–H groups in total. The predicted molar refractivity (Wildman–Crippen MR) is 43.9 cm³/mol. The summed E-state index contributed by atoms with van der Waals surface area (Å²) in [4.78, 5) is 0. The van der Waals surface area contributed by atoms with E-state index < -0.39 is 6.18 Å². The molecule has 0 aliphatic rings. The Morgan fingerprint density at radius 2 is 1.92 bits per heavy atom. The fraction of sp³-hybridized carbons (Fsp3) is 0.667. The summed E-state index contributed by atoms with van der Waals surface area (Å²) in [6.45, 7) is 4.55. The molecule has 0 aromatic carbocycles. The van der Waals surface area contributed by atoms with Gasteiger partial charge in [-0.05, 0) is 12.8 Å². The van der Waals surface area contributed by atoms with Gasteiger partial charge in [0.05, 0.1) is 0 Å². The van der Waals surface area contributed by atoms with Gasteiger partial charge in [0.1, 0.15) is 0 Å². The van der Waals surface area contributed by atoms with Gasteiger partial charge in [0.2, 0.25) is 0 Å². The number of halogens is 3. The van der Waals surface area contributed by atoms with Crippen molar-refractivity contribution in [3.05, 3.63) is 6.92 Å². The normalized spacial score (nSPS) is 10.8. The van der Waals surface area contributed by atoms with Crippen LogP contribution in [0.5, 0.6) is 0 Å². The lowest BCUT2D eigenvalue weighted by atomic mass is 10.3. The van der Waals surface area contributed by atoms with Crippen molar-refractivity contribution in [3.63, 3.8) is 0 Å². The first-order chi connectivity index (χ1) is 6.06. The quantitative estimate of drug-likeness (QED) is 0.481. The number of alkyl halides is 3. The van der Waals surface area contributed by atoms with Crippen molar-refractivity contribution >= 4 is 0 Å². The van der Waals surface area contributed by atoms with Gasteiger partial charge in [-0.15, -0.1) is 0 Å². The number of hydrogen-bond donors (Lipinski definition) is 0. The fourth-order valence-electron chi connectivity index (χ4n) is 0.629. The Hall–Kier alpha value is -0.690. The standard InChI is InChI=1S/C9H12F3O/c1-2-7-13-8-5-3-4-6-9(10,11)12/h1-3,5,7-8H2. The lowest BCUT2D eigenvalue weighted by Crippen LogP contribution is -2.01. The van der Waals surface area contributed by atoms with E-state index in [1.165, 1.54) is 5.92 Å². The first-order valence-corrected chi connectivity index (χ1v) is 4.00.